The highest BCUT2D eigenvalue weighted by Crippen LogP contribution is 2.15. The minimum Gasteiger partial charge on any atom is -0.361 e. The van der Waals surface area contributed by atoms with Crippen molar-refractivity contribution >= 4 is 40.0 Å². The molecule has 3 N–H and O–H groups in total. The Balaban J connectivity index is 0.00000420. The number of nitrogens with zero attached hydrogens (tertiary/aromatic N) is 2. The van der Waals surface area contributed by atoms with Crippen LogP contribution in [0, 0.1) is 0 Å². The molecule has 0 unspecified atom stereocenters. The van der Waals surface area contributed by atoms with Crippen LogP contribution in [0.4, 0.5) is 0 Å². The number of hydrogen-bond donors (Lipinski definition) is 3. The summed E-state index contributed by atoms with van der Waals surface area (Å²) in [6.07, 6.45) is 1.60. The van der Waals surface area contributed by atoms with Gasteiger partial charge in [0.25, 0.3) is 0 Å². The monoisotopic (exact) mass is 535 g/mol. The van der Waals surface area contributed by atoms with Gasteiger partial charge in [0.05, 0.1) is 11.4 Å². The molecule has 0 radical (unpaired) electrons. The number of aryl methyl sites for hydroxylation is 2. The molecule has 0 atom stereocenters. The topological polar surface area (TPSA) is 109 Å². The van der Waals surface area contributed by atoms with Gasteiger partial charge < -0.3 is 15.2 Å². The highest BCUT2D eigenvalue weighted by Gasteiger charge is 2.14. The van der Waals surface area contributed by atoms with Gasteiger partial charge >= 0.3 is 0 Å². The van der Waals surface area contributed by atoms with Crippen LogP contribution in [0.3, 0.4) is 0 Å². The molecule has 0 aliphatic carbocycles. The van der Waals surface area contributed by atoms with E-state index in [-0.39, 0.29) is 29.7 Å². The van der Waals surface area contributed by atoms with Crippen LogP contribution < -0.4 is 15.4 Å². The minimum atomic E-state index is -3.29. The van der Waals surface area contributed by atoms with Crippen molar-refractivity contribution in [1.29, 1.82) is 0 Å². The van der Waals surface area contributed by atoms with Gasteiger partial charge in [0.1, 0.15) is 5.76 Å². The third-order valence-corrected chi connectivity index (χ3v) is 5.72. The second-order valence-corrected chi connectivity index (χ2v) is 8.23. The summed E-state index contributed by atoms with van der Waals surface area (Å²) in [5, 5.41) is 10.7. The van der Waals surface area contributed by atoms with Gasteiger partial charge in [-0.2, -0.15) is 0 Å². The van der Waals surface area contributed by atoms with Crippen LogP contribution >= 0.6 is 24.0 Å². The van der Waals surface area contributed by atoms with Crippen molar-refractivity contribution in [2.75, 3.05) is 14.1 Å². The van der Waals surface area contributed by atoms with Crippen molar-refractivity contribution < 1.29 is 12.9 Å². The second kappa shape index (κ2) is 12.1. The molecule has 2 rings (SSSR count). The lowest BCUT2D eigenvalue weighted by Gasteiger charge is -2.13. The number of rotatable bonds is 9. The van der Waals surface area contributed by atoms with Gasteiger partial charge in [-0.25, -0.2) is 13.1 Å². The molecule has 0 amide bonds. The molecule has 10 heteroatoms. The highest BCUT2D eigenvalue weighted by molar-refractivity contribution is 14.0. The molecule has 0 spiro atoms. The maximum atomic E-state index is 11.7. The van der Waals surface area contributed by atoms with E-state index in [1.807, 2.05) is 25.1 Å². The van der Waals surface area contributed by atoms with Gasteiger partial charge in [-0.1, -0.05) is 43.3 Å². The number of benzene rings is 1. The summed E-state index contributed by atoms with van der Waals surface area (Å²) in [6, 6.07) is 7.47. The smallest absolute Gasteiger partial charge is 0.215 e. The molecule has 2 aromatic rings. The van der Waals surface area contributed by atoms with Crippen molar-refractivity contribution in [2.24, 2.45) is 4.99 Å². The van der Waals surface area contributed by atoms with Gasteiger partial charge in [-0.3, -0.25) is 4.99 Å². The van der Waals surface area contributed by atoms with Crippen molar-refractivity contribution in [3.8, 4) is 0 Å². The summed E-state index contributed by atoms with van der Waals surface area (Å²) < 4.78 is 31.2. The summed E-state index contributed by atoms with van der Waals surface area (Å²) in [5.41, 5.74) is 3.74. The first-order valence-electron chi connectivity index (χ1n) is 9.32. The average molecular weight is 535 g/mol. The molecule has 8 nitrogen and oxygen atoms in total. The Morgan fingerprint density at radius 3 is 2.45 bits per heavy atom. The van der Waals surface area contributed by atoms with Crippen LogP contribution in [-0.4, -0.2) is 33.6 Å². The summed E-state index contributed by atoms with van der Waals surface area (Å²) in [5.74, 6) is 1.49. The van der Waals surface area contributed by atoms with E-state index in [1.54, 1.807) is 13.1 Å². The molecule has 29 heavy (non-hydrogen) atoms. The Morgan fingerprint density at radius 1 is 1.14 bits per heavy atom. The fourth-order valence-electron chi connectivity index (χ4n) is 2.84. The zero-order valence-electron chi connectivity index (χ0n) is 17.3. The Kier molecular flexibility index (Phi) is 10.6. The molecule has 0 saturated heterocycles. The van der Waals surface area contributed by atoms with E-state index in [9.17, 15) is 8.42 Å². The van der Waals surface area contributed by atoms with Crippen LogP contribution in [0.25, 0.3) is 0 Å². The number of guanidine groups is 1. The molecule has 1 aromatic carbocycles. The number of sulfonamides is 1. The van der Waals surface area contributed by atoms with Crippen molar-refractivity contribution in [3.63, 3.8) is 0 Å². The van der Waals surface area contributed by atoms with E-state index in [0.29, 0.717) is 19.0 Å². The Hall–Kier alpha value is -1.66. The number of halogens is 1. The van der Waals surface area contributed by atoms with Gasteiger partial charge in [0.15, 0.2) is 5.96 Å². The average Bonchev–Trinajstić information content (AvgIpc) is 3.10. The van der Waals surface area contributed by atoms with E-state index < -0.39 is 10.0 Å². The first-order chi connectivity index (χ1) is 13.4. The lowest BCUT2D eigenvalue weighted by Crippen LogP contribution is -2.36. The fraction of sp³-hybridized carbons (Fsp3) is 0.474. The second-order valence-electron chi connectivity index (χ2n) is 6.30. The van der Waals surface area contributed by atoms with E-state index >= 15 is 0 Å². The van der Waals surface area contributed by atoms with Crippen LogP contribution in [0.2, 0.25) is 0 Å². The molecule has 0 saturated carbocycles. The number of nitrogens with one attached hydrogen (secondary N) is 3. The SMILES string of the molecule is CCc1noc(CC)c1CNC(=NC)NCc1cccc(CS(=O)(=O)NC)c1.I. The third kappa shape index (κ3) is 7.59. The van der Waals surface area contributed by atoms with E-state index in [0.717, 1.165) is 41.0 Å². The van der Waals surface area contributed by atoms with Gasteiger partial charge in [-0.15, -0.1) is 24.0 Å². The summed E-state index contributed by atoms with van der Waals surface area (Å²) in [6.45, 7) is 5.20. The third-order valence-electron chi connectivity index (χ3n) is 4.38. The molecule has 162 valence electrons. The van der Waals surface area contributed by atoms with Crippen LogP contribution in [0.5, 0.6) is 0 Å². The normalized spacial score (nSPS) is 11.8. The maximum Gasteiger partial charge on any atom is 0.215 e. The quantitative estimate of drug-likeness (QED) is 0.259. The molecular formula is C19H30IN5O3S. The van der Waals surface area contributed by atoms with Crippen molar-refractivity contribution in [2.45, 2.75) is 45.5 Å². The van der Waals surface area contributed by atoms with Gasteiger partial charge in [0.2, 0.25) is 10.0 Å². The first kappa shape index (κ1) is 25.4. The molecule has 0 aliphatic rings. The molecular weight excluding hydrogens is 505 g/mol. The predicted octanol–water partition coefficient (Wildman–Crippen LogP) is 2.33. The van der Waals surface area contributed by atoms with Crippen molar-refractivity contribution in [1.82, 2.24) is 20.5 Å². The Labute approximate surface area is 190 Å². The fourth-order valence-corrected chi connectivity index (χ4v) is 3.60. The number of aromatic nitrogens is 1. The molecule has 0 aliphatic heterocycles. The molecule has 1 aromatic heterocycles. The zero-order valence-corrected chi connectivity index (χ0v) is 20.4. The largest absolute Gasteiger partial charge is 0.361 e. The molecule has 1 heterocycles. The Bertz CT molecular complexity index is 891. The number of aliphatic imine (C=N–C) groups is 1. The zero-order chi connectivity index (χ0) is 20.6. The molecule has 0 bridgehead atoms. The van der Waals surface area contributed by atoms with Gasteiger partial charge in [-0.05, 0) is 24.6 Å². The summed E-state index contributed by atoms with van der Waals surface area (Å²) in [4.78, 5) is 4.25. The lowest BCUT2D eigenvalue weighted by atomic mass is 10.1. The van der Waals surface area contributed by atoms with Crippen LogP contribution in [-0.2, 0) is 41.7 Å². The summed E-state index contributed by atoms with van der Waals surface area (Å²) in [7, 11) is -0.168. The van der Waals surface area contributed by atoms with E-state index in [1.165, 1.54) is 7.05 Å². The molecule has 0 fully saturated rings. The van der Waals surface area contributed by atoms with Crippen molar-refractivity contribution in [3.05, 3.63) is 52.4 Å². The van der Waals surface area contributed by atoms with E-state index in [4.69, 9.17) is 4.52 Å². The number of hydrogen-bond acceptors (Lipinski definition) is 5. The lowest BCUT2D eigenvalue weighted by molar-refractivity contribution is 0.380. The maximum absolute atomic E-state index is 11.7. The minimum absolute atomic E-state index is 0. The summed E-state index contributed by atoms with van der Waals surface area (Å²) >= 11 is 0. The van der Waals surface area contributed by atoms with Crippen LogP contribution in [0.1, 0.15) is 42.0 Å². The predicted molar refractivity (Wildman–Crippen MR) is 126 cm³/mol. The Morgan fingerprint density at radius 2 is 1.83 bits per heavy atom. The standard InChI is InChI=1S/C19H29N5O3S.HI/c1-5-17-16(18(6-2)27-24-17)12-23-19(20-3)22-11-14-8-7-9-15(10-14)13-28(25,26)21-4;/h7-10,21H,5-6,11-13H2,1-4H3,(H2,20,22,23);1H. The van der Waals surface area contributed by atoms with Gasteiger partial charge in [0, 0.05) is 32.1 Å². The van der Waals surface area contributed by atoms with Crippen LogP contribution in [0.15, 0.2) is 33.8 Å². The first-order valence-corrected chi connectivity index (χ1v) is 11.0. The van der Waals surface area contributed by atoms with E-state index in [2.05, 4.69) is 32.4 Å². The highest BCUT2D eigenvalue weighted by atomic mass is 127.